The summed E-state index contributed by atoms with van der Waals surface area (Å²) < 4.78 is 15.6. The van der Waals surface area contributed by atoms with Gasteiger partial charge in [-0.25, -0.2) is 9.37 Å². The van der Waals surface area contributed by atoms with Crippen molar-refractivity contribution in [1.29, 1.82) is 0 Å². The van der Waals surface area contributed by atoms with Crippen LogP contribution in [0.2, 0.25) is 0 Å². The second-order valence-electron chi connectivity index (χ2n) is 7.78. The predicted octanol–water partition coefficient (Wildman–Crippen LogP) is 4.39. The molecule has 4 aromatic rings. The molecule has 8 heteroatoms. The highest BCUT2D eigenvalue weighted by Crippen LogP contribution is 2.21. The van der Waals surface area contributed by atoms with E-state index in [1.54, 1.807) is 36.5 Å². The molecule has 0 fully saturated rings. The van der Waals surface area contributed by atoms with Crippen LogP contribution in [0.15, 0.2) is 96.4 Å². The number of imidazole rings is 1. The maximum Gasteiger partial charge on any atom is 0.251 e. The van der Waals surface area contributed by atoms with Crippen molar-refractivity contribution in [2.24, 2.45) is 0 Å². The van der Waals surface area contributed by atoms with E-state index >= 15 is 0 Å². The number of amides is 2. The van der Waals surface area contributed by atoms with Gasteiger partial charge in [-0.05, 0) is 42.3 Å². The van der Waals surface area contributed by atoms with E-state index in [9.17, 15) is 14.0 Å². The number of carbonyl (C=O) groups excluding carboxylic acids is 2. The summed E-state index contributed by atoms with van der Waals surface area (Å²) in [5.74, 6) is -0.435. The Morgan fingerprint density at radius 2 is 1.66 bits per heavy atom. The highest BCUT2D eigenvalue weighted by atomic mass is 32.2. The van der Waals surface area contributed by atoms with Crippen molar-refractivity contribution in [3.8, 4) is 5.69 Å². The Bertz CT molecular complexity index is 1280. The molecule has 0 unspecified atom stereocenters. The molecule has 0 aliphatic carbocycles. The van der Waals surface area contributed by atoms with Gasteiger partial charge in [0.05, 0.1) is 5.75 Å². The molecule has 35 heavy (non-hydrogen) atoms. The molecule has 0 radical (unpaired) electrons. The first-order valence-corrected chi connectivity index (χ1v) is 12.2. The molecule has 6 nitrogen and oxygen atoms in total. The van der Waals surface area contributed by atoms with E-state index in [0.29, 0.717) is 22.8 Å². The topological polar surface area (TPSA) is 76.0 Å². The van der Waals surface area contributed by atoms with Gasteiger partial charge in [0.15, 0.2) is 5.16 Å². The van der Waals surface area contributed by atoms with Crippen molar-refractivity contribution in [3.05, 3.63) is 114 Å². The highest BCUT2D eigenvalue weighted by Gasteiger charge is 2.11. The second-order valence-corrected chi connectivity index (χ2v) is 8.72. The van der Waals surface area contributed by atoms with Gasteiger partial charge in [0.2, 0.25) is 5.91 Å². The minimum Gasteiger partial charge on any atom is -0.355 e. The minimum atomic E-state index is -0.349. The van der Waals surface area contributed by atoms with E-state index in [1.807, 2.05) is 53.2 Å². The van der Waals surface area contributed by atoms with Crippen LogP contribution in [0, 0.1) is 5.82 Å². The van der Waals surface area contributed by atoms with Crippen LogP contribution in [-0.2, 0) is 17.8 Å². The summed E-state index contributed by atoms with van der Waals surface area (Å²) >= 11 is 1.35. The molecule has 0 bridgehead atoms. The molecule has 1 heterocycles. The first kappa shape index (κ1) is 24.2. The second kappa shape index (κ2) is 12.0. The lowest BCUT2D eigenvalue weighted by molar-refractivity contribution is -0.118. The highest BCUT2D eigenvalue weighted by molar-refractivity contribution is 7.99. The van der Waals surface area contributed by atoms with Gasteiger partial charge in [0.1, 0.15) is 5.82 Å². The molecule has 4 rings (SSSR count). The summed E-state index contributed by atoms with van der Waals surface area (Å²) in [4.78, 5) is 29.0. The maximum absolute atomic E-state index is 13.7. The van der Waals surface area contributed by atoms with Gasteiger partial charge >= 0.3 is 0 Å². The average Bonchev–Trinajstić information content (AvgIpc) is 3.36. The summed E-state index contributed by atoms with van der Waals surface area (Å²) in [6.07, 6.45) is 4.26. The van der Waals surface area contributed by atoms with Crippen LogP contribution in [0.4, 0.5) is 4.39 Å². The largest absolute Gasteiger partial charge is 0.355 e. The van der Waals surface area contributed by atoms with E-state index in [2.05, 4.69) is 15.6 Å². The van der Waals surface area contributed by atoms with E-state index in [-0.39, 0.29) is 29.9 Å². The number of rotatable bonds is 10. The molecule has 0 spiro atoms. The molecule has 0 aliphatic heterocycles. The van der Waals surface area contributed by atoms with Crippen LogP contribution >= 0.6 is 11.8 Å². The minimum absolute atomic E-state index is 0.0534. The molecule has 0 atom stereocenters. The number of aromatic nitrogens is 2. The molecule has 1 aromatic heterocycles. The summed E-state index contributed by atoms with van der Waals surface area (Å²) in [7, 11) is 0. The van der Waals surface area contributed by atoms with Gasteiger partial charge < -0.3 is 10.6 Å². The smallest absolute Gasteiger partial charge is 0.251 e. The van der Waals surface area contributed by atoms with Gasteiger partial charge in [-0.1, -0.05) is 60.3 Å². The zero-order chi connectivity index (χ0) is 24.5. The molecule has 0 saturated heterocycles. The van der Waals surface area contributed by atoms with Crippen LogP contribution < -0.4 is 10.6 Å². The fourth-order valence-electron chi connectivity index (χ4n) is 3.46. The van der Waals surface area contributed by atoms with Crippen LogP contribution in [0.25, 0.3) is 5.69 Å². The van der Waals surface area contributed by atoms with Crippen molar-refractivity contribution < 1.29 is 14.0 Å². The number of hydrogen-bond acceptors (Lipinski definition) is 4. The Kier molecular flexibility index (Phi) is 8.30. The van der Waals surface area contributed by atoms with Gasteiger partial charge in [0, 0.05) is 42.3 Å². The number of thioether (sulfide) groups is 1. The van der Waals surface area contributed by atoms with Crippen LogP contribution in [-0.4, -0.2) is 33.7 Å². The summed E-state index contributed by atoms with van der Waals surface area (Å²) in [6.45, 7) is 0.696. The monoisotopic (exact) mass is 488 g/mol. The van der Waals surface area contributed by atoms with E-state index in [1.165, 1.54) is 23.4 Å². The lowest BCUT2D eigenvalue weighted by Crippen LogP contribution is -2.27. The Balaban J connectivity index is 1.28. The third-order valence-corrected chi connectivity index (χ3v) is 6.29. The lowest BCUT2D eigenvalue weighted by Gasteiger charge is -2.10. The normalized spacial score (nSPS) is 10.7. The number of hydrogen-bond donors (Lipinski definition) is 2. The zero-order valence-corrected chi connectivity index (χ0v) is 19.8. The number of nitrogens with one attached hydrogen (secondary N) is 2. The van der Waals surface area contributed by atoms with Crippen molar-refractivity contribution in [1.82, 2.24) is 20.2 Å². The molecular formula is C27H25FN4O2S. The maximum atomic E-state index is 13.7. The van der Waals surface area contributed by atoms with Crippen LogP contribution in [0.5, 0.6) is 0 Å². The van der Waals surface area contributed by atoms with Crippen molar-refractivity contribution in [3.63, 3.8) is 0 Å². The molecule has 2 N–H and O–H groups in total. The molecular weight excluding hydrogens is 463 g/mol. The molecule has 3 aromatic carbocycles. The number of benzene rings is 3. The quantitative estimate of drug-likeness (QED) is 0.325. The summed E-state index contributed by atoms with van der Waals surface area (Å²) in [5.41, 5.74) is 2.90. The third-order valence-electron chi connectivity index (χ3n) is 5.32. The standard InChI is InChI=1S/C27H25FN4O2S/c28-24-9-5-4-8-22(24)18-31-26(34)21-10-12-23(13-11-21)32-17-16-30-27(32)35-19-25(33)29-15-14-20-6-2-1-3-7-20/h1-13,16-17H,14-15,18-19H2,(H,29,33)(H,31,34). The van der Waals surface area contributed by atoms with Crippen LogP contribution in [0.1, 0.15) is 21.5 Å². The number of carbonyl (C=O) groups is 2. The molecule has 2 amide bonds. The molecule has 0 saturated carbocycles. The Morgan fingerprint density at radius 1 is 0.914 bits per heavy atom. The van der Waals surface area contributed by atoms with E-state index in [0.717, 1.165) is 12.1 Å². The fourth-order valence-corrected chi connectivity index (χ4v) is 4.26. The van der Waals surface area contributed by atoms with Crippen molar-refractivity contribution in [2.45, 2.75) is 18.1 Å². The van der Waals surface area contributed by atoms with Crippen LogP contribution in [0.3, 0.4) is 0 Å². The zero-order valence-electron chi connectivity index (χ0n) is 19.0. The van der Waals surface area contributed by atoms with E-state index < -0.39 is 0 Å². The Morgan fingerprint density at radius 3 is 2.43 bits per heavy atom. The molecule has 178 valence electrons. The predicted molar refractivity (Wildman–Crippen MR) is 135 cm³/mol. The van der Waals surface area contributed by atoms with Crippen molar-refractivity contribution >= 4 is 23.6 Å². The average molecular weight is 489 g/mol. The van der Waals surface area contributed by atoms with Crippen molar-refractivity contribution in [2.75, 3.05) is 12.3 Å². The Labute approximate surface area is 207 Å². The van der Waals surface area contributed by atoms with Gasteiger partial charge in [0.25, 0.3) is 5.91 Å². The fraction of sp³-hybridized carbons (Fsp3) is 0.148. The first-order chi connectivity index (χ1) is 17.1. The van der Waals surface area contributed by atoms with Gasteiger partial charge in [-0.15, -0.1) is 0 Å². The van der Waals surface area contributed by atoms with E-state index in [4.69, 9.17) is 0 Å². The number of nitrogens with zero attached hydrogens (tertiary/aromatic N) is 2. The summed E-state index contributed by atoms with van der Waals surface area (Å²) in [6, 6.07) is 23.4. The summed E-state index contributed by atoms with van der Waals surface area (Å²) in [5, 5.41) is 6.35. The first-order valence-electron chi connectivity index (χ1n) is 11.2. The number of halogens is 1. The Hall–Kier alpha value is -3.91. The van der Waals surface area contributed by atoms with Gasteiger partial charge in [-0.2, -0.15) is 0 Å². The van der Waals surface area contributed by atoms with Gasteiger partial charge in [-0.3, -0.25) is 14.2 Å². The third kappa shape index (κ3) is 6.80. The lowest BCUT2D eigenvalue weighted by atomic mass is 10.1. The molecule has 0 aliphatic rings. The SMILES string of the molecule is O=C(CSc1nccn1-c1ccc(C(=O)NCc2ccccc2F)cc1)NCCc1ccccc1.